The van der Waals surface area contributed by atoms with E-state index < -0.39 is 0 Å². The molecule has 0 bridgehead atoms. The van der Waals surface area contributed by atoms with Crippen LogP contribution < -0.4 is 5.73 Å². The van der Waals surface area contributed by atoms with E-state index in [-0.39, 0.29) is 24.4 Å². The van der Waals surface area contributed by atoms with Crippen molar-refractivity contribution >= 4 is 24.0 Å². The number of pyridine rings is 1. The average molecular weight is 334 g/mol. The highest BCUT2D eigenvalue weighted by atomic mass is 35.5. The number of aromatic nitrogens is 1. The molecule has 1 heterocycles. The lowest BCUT2D eigenvalue weighted by molar-refractivity contribution is -0.133. The number of anilines is 1. The Labute approximate surface area is 144 Å². The number of carbonyl (C=O) groups is 1. The van der Waals surface area contributed by atoms with Crippen molar-refractivity contribution in [2.24, 2.45) is 0 Å². The summed E-state index contributed by atoms with van der Waals surface area (Å²) in [6.07, 6.45) is 2.82. The molecule has 1 aromatic heterocycles. The van der Waals surface area contributed by atoms with E-state index in [0.29, 0.717) is 18.7 Å². The number of halogens is 1. The molecular weight excluding hydrogens is 310 g/mol. The van der Waals surface area contributed by atoms with Crippen LogP contribution in [0.4, 0.5) is 5.69 Å². The largest absolute Gasteiger partial charge is 0.397 e. The maximum atomic E-state index is 12.7. The molecule has 0 aliphatic carbocycles. The number of carbonyl (C=O) groups excluding carboxylic acids is 1. The highest BCUT2D eigenvalue weighted by Gasteiger charge is 2.19. The number of rotatable bonds is 6. The fourth-order valence-corrected chi connectivity index (χ4v) is 2.29. The van der Waals surface area contributed by atoms with Gasteiger partial charge in [-0.25, -0.2) is 0 Å². The molecule has 0 fully saturated rings. The van der Waals surface area contributed by atoms with Crippen molar-refractivity contribution in [2.75, 3.05) is 5.73 Å². The van der Waals surface area contributed by atoms with Crippen molar-refractivity contribution in [2.45, 2.75) is 39.3 Å². The summed E-state index contributed by atoms with van der Waals surface area (Å²) in [7, 11) is 0. The summed E-state index contributed by atoms with van der Waals surface area (Å²) in [6, 6.07) is 13.9. The van der Waals surface area contributed by atoms with Crippen LogP contribution in [0.25, 0.3) is 0 Å². The molecule has 2 rings (SSSR count). The SMILES string of the molecule is CCC(C)N(Cc1ccccc1)C(=O)Cc1ccc(N)cn1.Cl. The monoisotopic (exact) mass is 333 g/mol. The minimum absolute atomic E-state index is 0. The minimum Gasteiger partial charge on any atom is -0.397 e. The van der Waals surface area contributed by atoms with Crippen LogP contribution in [0.2, 0.25) is 0 Å². The molecule has 0 saturated heterocycles. The molecule has 0 aliphatic heterocycles. The van der Waals surface area contributed by atoms with E-state index in [1.807, 2.05) is 41.3 Å². The lowest BCUT2D eigenvalue weighted by atomic mass is 10.1. The molecule has 0 saturated carbocycles. The van der Waals surface area contributed by atoms with Crippen molar-refractivity contribution in [1.82, 2.24) is 9.88 Å². The Morgan fingerprint density at radius 1 is 1.22 bits per heavy atom. The third-order valence-electron chi connectivity index (χ3n) is 3.82. The molecule has 4 nitrogen and oxygen atoms in total. The zero-order valence-corrected chi connectivity index (χ0v) is 14.4. The molecule has 1 unspecified atom stereocenters. The molecular formula is C18H24ClN3O. The van der Waals surface area contributed by atoms with Crippen molar-refractivity contribution in [3.8, 4) is 0 Å². The molecule has 0 radical (unpaired) electrons. The molecule has 0 spiro atoms. The predicted octanol–water partition coefficient (Wildman–Crippen LogP) is 3.46. The third kappa shape index (κ3) is 5.57. The van der Waals surface area contributed by atoms with E-state index in [1.54, 1.807) is 12.3 Å². The summed E-state index contributed by atoms with van der Waals surface area (Å²) in [5.74, 6) is 0.0930. The van der Waals surface area contributed by atoms with Crippen molar-refractivity contribution in [1.29, 1.82) is 0 Å². The van der Waals surface area contributed by atoms with Gasteiger partial charge < -0.3 is 10.6 Å². The second-order valence-corrected chi connectivity index (χ2v) is 5.52. The van der Waals surface area contributed by atoms with Crippen LogP contribution in [0, 0.1) is 0 Å². The van der Waals surface area contributed by atoms with Crippen LogP contribution in [-0.4, -0.2) is 21.8 Å². The van der Waals surface area contributed by atoms with Gasteiger partial charge in [-0.15, -0.1) is 12.4 Å². The maximum Gasteiger partial charge on any atom is 0.229 e. The molecule has 2 N–H and O–H groups in total. The number of nitrogen functional groups attached to an aromatic ring is 1. The lowest BCUT2D eigenvalue weighted by Crippen LogP contribution is -2.38. The lowest BCUT2D eigenvalue weighted by Gasteiger charge is -2.29. The van der Waals surface area contributed by atoms with Gasteiger partial charge in [0.15, 0.2) is 0 Å². The van der Waals surface area contributed by atoms with Gasteiger partial charge in [0.2, 0.25) is 5.91 Å². The topological polar surface area (TPSA) is 59.2 Å². The zero-order chi connectivity index (χ0) is 15.9. The summed E-state index contributed by atoms with van der Waals surface area (Å²) in [4.78, 5) is 18.8. The number of hydrogen-bond donors (Lipinski definition) is 1. The van der Waals surface area contributed by atoms with Gasteiger partial charge in [0.05, 0.1) is 18.3 Å². The van der Waals surface area contributed by atoms with Gasteiger partial charge in [0.1, 0.15) is 0 Å². The first kappa shape index (κ1) is 19.0. The number of amides is 1. The fraction of sp³-hybridized carbons (Fsp3) is 0.333. The highest BCUT2D eigenvalue weighted by Crippen LogP contribution is 2.13. The predicted molar refractivity (Wildman–Crippen MR) is 96.3 cm³/mol. The zero-order valence-electron chi connectivity index (χ0n) is 13.6. The van der Waals surface area contributed by atoms with Crippen molar-refractivity contribution < 1.29 is 4.79 Å². The maximum absolute atomic E-state index is 12.7. The molecule has 1 aromatic carbocycles. The smallest absolute Gasteiger partial charge is 0.229 e. The Morgan fingerprint density at radius 3 is 2.48 bits per heavy atom. The second kappa shape index (κ2) is 9.16. The van der Waals surface area contributed by atoms with Gasteiger partial charge in [0, 0.05) is 18.3 Å². The first-order chi connectivity index (χ1) is 10.6. The van der Waals surface area contributed by atoms with Gasteiger partial charge in [0.25, 0.3) is 0 Å². The van der Waals surface area contributed by atoms with Gasteiger partial charge in [-0.3, -0.25) is 9.78 Å². The van der Waals surface area contributed by atoms with E-state index in [4.69, 9.17) is 5.73 Å². The van der Waals surface area contributed by atoms with Gasteiger partial charge in [-0.2, -0.15) is 0 Å². The summed E-state index contributed by atoms with van der Waals surface area (Å²) in [5, 5.41) is 0. The molecule has 0 aliphatic rings. The quantitative estimate of drug-likeness (QED) is 0.880. The van der Waals surface area contributed by atoms with Crippen LogP contribution >= 0.6 is 12.4 Å². The van der Waals surface area contributed by atoms with Crippen LogP contribution in [0.1, 0.15) is 31.5 Å². The first-order valence-electron chi connectivity index (χ1n) is 7.64. The molecule has 1 amide bonds. The van der Waals surface area contributed by atoms with E-state index in [9.17, 15) is 4.79 Å². The first-order valence-corrected chi connectivity index (χ1v) is 7.64. The van der Waals surface area contributed by atoms with Gasteiger partial charge in [-0.05, 0) is 31.0 Å². The van der Waals surface area contributed by atoms with E-state index in [2.05, 4.69) is 18.8 Å². The minimum atomic E-state index is 0. The Bertz CT molecular complexity index is 601. The Balaban J connectivity index is 0.00000264. The number of benzene rings is 1. The summed E-state index contributed by atoms with van der Waals surface area (Å²) >= 11 is 0. The molecule has 1 atom stereocenters. The normalized spacial score (nSPS) is 11.4. The van der Waals surface area contributed by atoms with Crippen LogP contribution in [0.5, 0.6) is 0 Å². The molecule has 5 heteroatoms. The van der Waals surface area contributed by atoms with E-state index in [0.717, 1.165) is 17.7 Å². The van der Waals surface area contributed by atoms with Gasteiger partial charge in [-0.1, -0.05) is 37.3 Å². The second-order valence-electron chi connectivity index (χ2n) is 5.52. The number of hydrogen-bond acceptors (Lipinski definition) is 3. The Kier molecular flexibility index (Phi) is 7.55. The average Bonchev–Trinajstić information content (AvgIpc) is 2.55. The summed E-state index contributed by atoms with van der Waals surface area (Å²) < 4.78 is 0. The standard InChI is InChI=1S/C18H23N3O.ClH/c1-3-14(2)21(13-15-7-5-4-6-8-15)18(22)11-17-10-9-16(19)12-20-17;/h4-10,12,14H,3,11,13,19H2,1-2H3;1H. The van der Waals surface area contributed by atoms with Crippen molar-refractivity contribution in [3.05, 3.63) is 59.9 Å². The molecule has 23 heavy (non-hydrogen) atoms. The number of nitrogens with two attached hydrogens (primary N) is 1. The Morgan fingerprint density at radius 2 is 1.91 bits per heavy atom. The van der Waals surface area contributed by atoms with Crippen LogP contribution in [-0.2, 0) is 17.8 Å². The molecule has 2 aromatic rings. The molecule has 124 valence electrons. The third-order valence-corrected chi connectivity index (χ3v) is 3.82. The summed E-state index contributed by atoms with van der Waals surface area (Å²) in [6.45, 7) is 4.80. The highest BCUT2D eigenvalue weighted by molar-refractivity contribution is 5.85. The van der Waals surface area contributed by atoms with E-state index in [1.165, 1.54) is 0 Å². The van der Waals surface area contributed by atoms with Crippen molar-refractivity contribution in [3.63, 3.8) is 0 Å². The fourth-order valence-electron chi connectivity index (χ4n) is 2.29. The summed E-state index contributed by atoms with van der Waals surface area (Å²) in [5.41, 5.74) is 8.13. The van der Waals surface area contributed by atoms with Crippen LogP contribution in [0.15, 0.2) is 48.7 Å². The van der Waals surface area contributed by atoms with E-state index >= 15 is 0 Å². The number of nitrogens with zero attached hydrogens (tertiary/aromatic N) is 2. The van der Waals surface area contributed by atoms with Crippen LogP contribution in [0.3, 0.4) is 0 Å². The van der Waals surface area contributed by atoms with Gasteiger partial charge >= 0.3 is 0 Å². The Hall–Kier alpha value is -2.07.